The number of rotatable bonds is 12. The molecule has 2 aromatic rings. The number of aliphatic hydroxyl groups excluding tert-OH is 1. The maximum Gasteiger partial charge on any atom is 0.251 e. The molecule has 2 bridgehead atoms. The minimum atomic E-state index is -0.868. The van der Waals surface area contributed by atoms with E-state index in [0.717, 1.165) is 5.56 Å². The molecule has 3 aliphatic heterocycles. The van der Waals surface area contributed by atoms with Crippen LogP contribution in [0.2, 0.25) is 5.02 Å². The molecule has 3 amide bonds. The van der Waals surface area contributed by atoms with E-state index in [-0.39, 0.29) is 41.0 Å². The molecule has 7 nitrogen and oxygen atoms in total. The molecule has 0 saturated carbocycles. The number of nitrogens with zero attached hydrogens (tertiary/aromatic N) is 3. The maximum absolute atomic E-state index is 14.7. The molecule has 3 saturated heterocycles. The summed E-state index contributed by atoms with van der Waals surface area (Å²) in [6.07, 6.45) is 4.38. The zero-order valence-electron chi connectivity index (χ0n) is 24.1. The maximum atomic E-state index is 14.7. The second-order valence-corrected chi connectivity index (χ2v) is 14.5. The first-order chi connectivity index (χ1) is 20.7. The van der Waals surface area contributed by atoms with Gasteiger partial charge >= 0.3 is 0 Å². The number of fused-ring (bicyclic) bond motifs is 1. The van der Waals surface area contributed by atoms with Crippen LogP contribution < -0.4 is 4.90 Å². The third-order valence-electron chi connectivity index (χ3n) is 8.91. The number of likely N-dealkylation sites (tertiary alicyclic amines) is 1. The predicted molar refractivity (Wildman–Crippen MR) is 176 cm³/mol. The van der Waals surface area contributed by atoms with Gasteiger partial charge in [0.2, 0.25) is 11.8 Å². The van der Waals surface area contributed by atoms with Gasteiger partial charge in [-0.1, -0.05) is 76.9 Å². The number of thioether (sulfide) groups is 1. The Labute approximate surface area is 271 Å². The normalized spacial score (nSPS) is 28.0. The van der Waals surface area contributed by atoms with E-state index < -0.39 is 28.7 Å². The van der Waals surface area contributed by atoms with Gasteiger partial charge in [-0.2, -0.15) is 0 Å². The van der Waals surface area contributed by atoms with Gasteiger partial charge in [-0.05, 0) is 42.7 Å². The average molecular weight is 687 g/mol. The van der Waals surface area contributed by atoms with Crippen molar-refractivity contribution in [1.82, 2.24) is 9.80 Å². The van der Waals surface area contributed by atoms with Gasteiger partial charge < -0.3 is 19.8 Å². The molecule has 3 fully saturated rings. The van der Waals surface area contributed by atoms with Gasteiger partial charge in [0.25, 0.3) is 5.91 Å². The van der Waals surface area contributed by atoms with Crippen LogP contribution in [0.25, 0.3) is 0 Å². The van der Waals surface area contributed by atoms with Gasteiger partial charge in [0, 0.05) is 40.4 Å². The van der Waals surface area contributed by atoms with Crippen molar-refractivity contribution < 1.29 is 19.5 Å². The van der Waals surface area contributed by atoms with Crippen molar-refractivity contribution in [2.24, 2.45) is 11.8 Å². The van der Waals surface area contributed by atoms with E-state index in [0.29, 0.717) is 36.6 Å². The minimum absolute atomic E-state index is 0.0642. The van der Waals surface area contributed by atoms with E-state index in [9.17, 15) is 19.5 Å². The van der Waals surface area contributed by atoms with Crippen molar-refractivity contribution in [3.8, 4) is 0 Å². The fraction of sp³-hybridized carbons (Fsp3) is 0.424. The van der Waals surface area contributed by atoms with Gasteiger partial charge in [-0.25, -0.2) is 0 Å². The number of hydrogen-bond acceptors (Lipinski definition) is 5. The summed E-state index contributed by atoms with van der Waals surface area (Å²) in [6, 6.07) is 15.3. The van der Waals surface area contributed by atoms with Crippen LogP contribution in [-0.4, -0.2) is 79.2 Å². The summed E-state index contributed by atoms with van der Waals surface area (Å²) in [5.41, 5.74) is 1.62. The van der Waals surface area contributed by atoms with E-state index in [4.69, 9.17) is 11.6 Å². The monoisotopic (exact) mass is 685 g/mol. The highest BCUT2D eigenvalue weighted by Gasteiger charge is 2.76. The van der Waals surface area contributed by atoms with Crippen molar-refractivity contribution in [3.05, 3.63) is 90.5 Å². The summed E-state index contributed by atoms with van der Waals surface area (Å²) >= 11 is 11.6. The summed E-state index contributed by atoms with van der Waals surface area (Å²) in [7, 11) is 0. The quantitative estimate of drug-likeness (QED) is 0.242. The molecule has 3 heterocycles. The first kappa shape index (κ1) is 31.8. The molecule has 0 radical (unpaired) electrons. The average Bonchev–Trinajstić information content (AvgIpc) is 3.60. The lowest BCUT2D eigenvalue weighted by molar-refractivity contribution is -0.145. The lowest BCUT2D eigenvalue weighted by atomic mass is 9.70. The number of benzene rings is 2. The molecule has 1 spiro atoms. The van der Waals surface area contributed by atoms with Crippen LogP contribution in [-0.2, 0) is 20.9 Å². The molecule has 2 aromatic carbocycles. The SMILES string of the molecule is C=CCN(Cc1ccccc1)C(=O)[C@H]1[C@@H]2SC3(CC2Br)C(C(=O)N(CC=C)c2ccc(Cl)cc2)N([C@@H](CC)CO)C(=O)[C@H]13. The Balaban J connectivity index is 1.58. The molecule has 43 heavy (non-hydrogen) atoms. The Morgan fingerprint density at radius 2 is 1.81 bits per heavy atom. The first-order valence-electron chi connectivity index (χ1n) is 14.6. The van der Waals surface area contributed by atoms with Crippen molar-refractivity contribution in [1.29, 1.82) is 0 Å². The lowest BCUT2D eigenvalue weighted by Crippen LogP contribution is -2.58. The van der Waals surface area contributed by atoms with E-state index in [2.05, 4.69) is 29.1 Å². The second kappa shape index (κ2) is 13.2. The highest BCUT2D eigenvalue weighted by Crippen LogP contribution is 2.68. The van der Waals surface area contributed by atoms with Crippen molar-refractivity contribution in [2.45, 2.75) is 53.2 Å². The van der Waals surface area contributed by atoms with Crippen LogP contribution in [0.3, 0.4) is 0 Å². The Kier molecular flexibility index (Phi) is 9.76. The van der Waals surface area contributed by atoms with Crippen LogP contribution in [0.4, 0.5) is 5.69 Å². The van der Waals surface area contributed by atoms with Gasteiger partial charge in [-0.3, -0.25) is 14.4 Å². The molecule has 3 unspecified atom stereocenters. The fourth-order valence-corrected chi connectivity index (χ4v) is 10.8. The van der Waals surface area contributed by atoms with E-state index >= 15 is 0 Å². The van der Waals surface area contributed by atoms with Crippen LogP contribution in [0.15, 0.2) is 79.9 Å². The standard InChI is InChI=1S/C33H37BrClN3O4S/c1-4-16-36(19-21-10-8-7-9-11-21)30(40)26-27-31(41)38(23(6-3)20-39)29(33(27)18-25(34)28(26)43-33)32(42)37(17-5-2)24-14-12-22(35)13-15-24/h4-5,7-15,23,25-29,39H,1-2,6,16-20H2,3H3/t23-,25?,26+,27-,28+,29?,33?/m0/s1. The number of aliphatic hydroxyl groups is 1. The summed E-state index contributed by atoms with van der Waals surface area (Å²) in [4.78, 5) is 48.7. The number of alkyl halides is 1. The topological polar surface area (TPSA) is 81.2 Å². The third kappa shape index (κ3) is 5.58. The molecule has 228 valence electrons. The molecule has 7 atom stereocenters. The number of amides is 3. The number of halogens is 2. The molecule has 0 aromatic heterocycles. The summed E-state index contributed by atoms with van der Waals surface area (Å²) in [5, 5.41) is 10.8. The molecule has 1 N–H and O–H groups in total. The van der Waals surface area contributed by atoms with Crippen molar-refractivity contribution >= 4 is 62.7 Å². The number of carbonyl (C=O) groups excluding carboxylic acids is 3. The van der Waals surface area contributed by atoms with Crippen LogP contribution in [0.1, 0.15) is 25.3 Å². The van der Waals surface area contributed by atoms with E-state index in [1.807, 2.05) is 37.3 Å². The van der Waals surface area contributed by atoms with Crippen LogP contribution >= 0.6 is 39.3 Å². The van der Waals surface area contributed by atoms with Crippen molar-refractivity contribution in [2.75, 3.05) is 24.6 Å². The predicted octanol–water partition coefficient (Wildman–Crippen LogP) is 5.31. The summed E-state index contributed by atoms with van der Waals surface area (Å²) in [5.74, 6) is -1.93. The Morgan fingerprint density at radius 3 is 2.42 bits per heavy atom. The minimum Gasteiger partial charge on any atom is -0.394 e. The van der Waals surface area contributed by atoms with Crippen molar-refractivity contribution in [3.63, 3.8) is 0 Å². The number of carbonyl (C=O) groups is 3. The number of anilines is 1. The first-order valence-corrected chi connectivity index (χ1v) is 16.8. The van der Waals surface area contributed by atoms with Gasteiger partial charge in [-0.15, -0.1) is 24.9 Å². The lowest BCUT2D eigenvalue weighted by Gasteiger charge is -2.40. The zero-order chi connectivity index (χ0) is 30.9. The Morgan fingerprint density at radius 1 is 1.14 bits per heavy atom. The Hall–Kier alpha value is -2.59. The molecule has 10 heteroatoms. The van der Waals surface area contributed by atoms with E-state index in [1.54, 1.807) is 62.9 Å². The summed E-state index contributed by atoms with van der Waals surface area (Å²) < 4.78 is -0.839. The highest BCUT2D eigenvalue weighted by atomic mass is 79.9. The largest absolute Gasteiger partial charge is 0.394 e. The number of hydrogen-bond donors (Lipinski definition) is 1. The molecular formula is C33H37BrClN3O4S. The molecule has 0 aliphatic carbocycles. The fourth-order valence-electron chi connectivity index (χ4n) is 7.06. The van der Waals surface area contributed by atoms with E-state index in [1.165, 1.54) is 0 Å². The molecule has 3 aliphatic rings. The Bertz CT molecular complexity index is 1370. The van der Waals surface area contributed by atoms with Gasteiger partial charge in [0.1, 0.15) is 6.04 Å². The van der Waals surface area contributed by atoms with Gasteiger partial charge in [0.05, 0.1) is 29.2 Å². The zero-order valence-corrected chi connectivity index (χ0v) is 27.3. The van der Waals surface area contributed by atoms with Crippen LogP contribution in [0.5, 0.6) is 0 Å². The summed E-state index contributed by atoms with van der Waals surface area (Å²) in [6.45, 7) is 10.3. The molecular weight excluding hydrogens is 650 g/mol. The second-order valence-electron chi connectivity index (χ2n) is 11.4. The highest BCUT2D eigenvalue weighted by molar-refractivity contribution is 9.09. The van der Waals surface area contributed by atoms with Gasteiger partial charge in [0.15, 0.2) is 0 Å². The third-order valence-corrected chi connectivity index (χ3v) is 12.4. The molecule has 5 rings (SSSR count). The van der Waals surface area contributed by atoms with Crippen LogP contribution in [0, 0.1) is 11.8 Å². The smallest absolute Gasteiger partial charge is 0.251 e.